The van der Waals surface area contributed by atoms with Crippen molar-refractivity contribution in [3.05, 3.63) is 0 Å². The molecular weight excluding hydrogens is 256 g/mol. The number of carboxylic acid groups (broad SMARTS) is 1. The minimum Gasteiger partial charge on any atom is -0.480 e. The van der Waals surface area contributed by atoms with Crippen molar-refractivity contribution in [2.75, 3.05) is 13.1 Å². The Morgan fingerprint density at radius 3 is 2.74 bits per heavy atom. The van der Waals surface area contributed by atoms with Crippen LogP contribution < -0.4 is 16.4 Å². The van der Waals surface area contributed by atoms with Gasteiger partial charge < -0.3 is 26.4 Å². The minimum absolute atomic E-state index is 0.266. The average Bonchev–Trinajstić information content (AvgIpc) is 2.31. The van der Waals surface area contributed by atoms with Crippen molar-refractivity contribution in [2.24, 2.45) is 5.73 Å². The van der Waals surface area contributed by atoms with Gasteiger partial charge in [-0.3, -0.25) is 9.59 Å². The van der Waals surface area contributed by atoms with E-state index in [2.05, 4.69) is 10.6 Å². The summed E-state index contributed by atoms with van der Waals surface area (Å²) in [5, 5.41) is 13.6. The molecule has 9 nitrogen and oxygen atoms in total. The third-order valence-electron chi connectivity index (χ3n) is 2.76. The first-order valence-corrected chi connectivity index (χ1v) is 5.69. The van der Waals surface area contributed by atoms with E-state index >= 15 is 0 Å². The summed E-state index contributed by atoms with van der Waals surface area (Å²) in [6, 6.07) is -2.81. The highest BCUT2D eigenvalue weighted by atomic mass is 16.4. The van der Waals surface area contributed by atoms with Gasteiger partial charge in [0.1, 0.15) is 12.1 Å². The molecule has 9 heteroatoms. The van der Waals surface area contributed by atoms with E-state index in [1.54, 1.807) is 0 Å². The average molecular weight is 272 g/mol. The van der Waals surface area contributed by atoms with Crippen LogP contribution in [0.15, 0.2) is 0 Å². The van der Waals surface area contributed by atoms with Gasteiger partial charge in [0, 0.05) is 13.1 Å². The summed E-state index contributed by atoms with van der Waals surface area (Å²) >= 11 is 0. The lowest BCUT2D eigenvalue weighted by Gasteiger charge is -2.33. The number of nitrogens with zero attached hydrogens (tertiary/aromatic N) is 1. The van der Waals surface area contributed by atoms with Crippen LogP contribution in [-0.2, 0) is 14.4 Å². The highest BCUT2D eigenvalue weighted by molar-refractivity contribution is 5.91. The molecule has 0 saturated carbocycles. The predicted octanol–water partition coefficient (Wildman–Crippen LogP) is -2.16. The zero-order chi connectivity index (χ0) is 14.6. The van der Waals surface area contributed by atoms with Gasteiger partial charge in [-0.05, 0) is 6.92 Å². The Kier molecular flexibility index (Phi) is 4.67. The highest BCUT2D eigenvalue weighted by Crippen LogP contribution is 2.05. The highest BCUT2D eigenvalue weighted by Gasteiger charge is 2.32. The Bertz CT molecular complexity index is 411. The van der Waals surface area contributed by atoms with Gasteiger partial charge in [0.2, 0.25) is 11.8 Å². The zero-order valence-corrected chi connectivity index (χ0v) is 10.4. The molecule has 0 spiro atoms. The van der Waals surface area contributed by atoms with Crippen molar-refractivity contribution >= 4 is 23.8 Å². The van der Waals surface area contributed by atoms with E-state index in [0.29, 0.717) is 6.54 Å². The van der Waals surface area contributed by atoms with E-state index in [1.807, 2.05) is 0 Å². The Morgan fingerprint density at radius 2 is 2.21 bits per heavy atom. The lowest BCUT2D eigenvalue weighted by atomic mass is 10.2. The molecule has 0 aromatic rings. The monoisotopic (exact) mass is 272 g/mol. The molecular formula is C10H16N4O5. The van der Waals surface area contributed by atoms with E-state index in [0.717, 1.165) is 0 Å². The minimum atomic E-state index is -1.40. The summed E-state index contributed by atoms with van der Waals surface area (Å²) in [5.74, 6) is -2.51. The van der Waals surface area contributed by atoms with Crippen molar-refractivity contribution in [3.8, 4) is 0 Å². The predicted molar refractivity (Wildman–Crippen MR) is 62.9 cm³/mol. The van der Waals surface area contributed by atoms with Gasteiger partial charge in [0.15, 0.2) is 0 Å². The number of carbonyl (C=O) groups excluding carboxylic acids is 3. The van der Waals surface area contributed by atoms with Crippen LogP contribution in [0.25, 0.3) is 0 Å². The largest absolute Gasteiger partial charge is 0.480 e. The molecule has 1 fully saturated rings. The standard InChI is InChI=1S/C10H16N4O5/c1-5-8(16)12-2-3-14(5)10(19)13-6(9(17)18)4-7(11)15/h5-6H,2-4H2,1H3,(H2,11,15)(H,12,16)(H,13,19)(H,17,18). The van der Waals surface area contributed by atoms with Gasteiger partial charge in [-0.1, -0.05) is 0 Å². The number of nitrogens with two attached hydrogens (primary N) is 1. The molecule has 1 heterocycles. The summed E-state index contributed by atoms with van der Waals surface area (Å²) in [5.41, 5.74) is 4.90. The molecule has 1 aliphatic heterocycles. The van der Waals surface area contributed by atoms with Gasteiger partial charge in [-0.2, -0.15) is 0 Å². The lowest BCUT2D eigenvalue weighted by Crippen LogP contribution is -2.60. The molecule has 0 bridgehead atoms. The first kappa shape index (κ1) is 14.7. The van der Waals surface area contributed by atoms with Crippen LogP contribution in [0.1, 0.15) is 13.3 Å². The van der Waals surface area contributed by atoms with Crippen LogP contribution in [0, 0.1) is 0 Å². The third-order valence-corrected chi connectivity index (χ3v) is 2.76. The summed E-state index contributed by atoms with van der Waals surface area (Å²) in [4.78, 5) is 46.1. The van der Waals surface area contributed by atoms with Crippen LogP contribution in [0.5, 0.6) is 0 Å². The third kappa shape index (κ3) is 3.83. The number of aliphatic carboxylic acids is 1. The smallest absolute Gasteiger partial charge is 0.326 e. The number of rotatable bonds is 4. The number of hydrogen-bond donors (Lipinski definition) is 4. The van der Waals surface area contributed by atoms with Crippen LogP contribution in [0.4, 0.5) is 4.79 Å². The molecule has 0 aromatic carbocycles. The second kappa shape index (κ2) is 6.03. The van der Waals surface area contributed by atoms with E-state index in [-0.39, 0.29) is 12.5 Å². The van der Waals surface area contributed by atoms with Gasteiger partial charge >= 0.3 is 12.0 Å². The fraction of sp³-hybridized carbons (Fsp3) is 0.600. The number of hydrogen-bond acceptors (Lipinski definition) is 4. The molecule has 0 aromatic heterocycles. The van der Waals surface area contributed by atoms with Crippen molar-refractivity contribution in [1.29, 1.82) is 0 Å². The maximum Gasteiger partial charge on any atom is 0.326 e. The van der Waals surface area contributed by atoms with Crippen molar-refractivity contribution in [3.63, 3.8) is 0 Å². The SMILES string of the molecule is CC1C(=O)NCCN1C(=O)NC(CC(N)=O)C(=O)O. The number of carboxylic acids is 1. The molecule has 1 saturated heterocycles. The van der Waals surface area contributed by atoms with Crippen molar-refractivity contribution in [2.45, 2.75) is 25.4 Å². The van der Waals surface area contributed by atoms with Crippen LogP contribution >= 0.6 is 0 Å². The number of carbonyl (C=O) groups is 4. The van der Waals surface area contributed by atoms with Gasteiger partial charge in [0.05, 0.1) is 6.42 Å². The maximum atomic E-state index is 11.9. The van der Waals surface area contributed by atoms with E-state index in [9.17, 15) is 19.2 Å². The van der Waals surface area contributed by atoms with Gasteiger partial charge in [0.25, 0.3) is 0 Å². The fourth-order valence-corrected chi connectivity index (χ4v) is 1.69. The summed E-state index contributed by atoms with van der Waals surface area (Å²) < 4.78 is 0. The molecule has 0 radical (unpaired) electrons. The quantitative estimate of drug-likeness (QED) is 0.461. The second-order valence-electron chi connectivity index (χ2n) is 4.17. The van der Waals surface area contributed by atoms with E-state index in [4.69, 9.17) is 10.8 Å². The van der Waals surface area contributed by atoms with Crippen LogP contribution in [-0.4, -0.2) is 59.0 Å². The molecule has 19 heavy (non-hydrogen) atoms. The topological polar surface area (TPSA) is 142 Å². The zero-order valence-electron chi connectivity index (χ0n) is 10.4. The van der Waals surface area contributed by atoms with E-state index < -0.39 is 36.4 Å². The molecule has 2 unspecified atom stereocenters. The molecule has 1 aliphatic rings. The Hall–Kier alpha value is -2.32. The van der Waals surface area contributed by atoms with Crippen LogP contribution in [0.3, 0.4) is 0 Å². The lowest BCUT2D eigenvalue weighted by molar-refractivity contribution is -0.141. The second-order valence-corrected chi connectivity index (χ2v) is 4.17. The van der Waals surface area contributed by atoms with Gasteiger partial charge in [-0.25, -0.2) is 9.59 Å². The first-order chi connectivity index (χ1) is 8.82. The number of piperazine rings is 1. The van der Waals surface area contributed by atoms with Crippen molar-refractivity contribution < 1.29 is 24.3 Å². The first-order valence-electron chi connectivity index (χ1n) is 5.69. The number of urea groups is 1. The van der Waals surface area contributed by atoms with E-state index in [1.165, 1.54) is 11.8 Å². The van der Waals surface area contributed by atoms with Crippen LogP contribution in [0.2, 0.25) is 0 Å². The number of amides is 4. The normalized spacial score (nSPS) is 20.4. The summed E-state index contributed by atoms with van der Waals surface area (Å²) in [6.07, 6.45) is -0.504. The Labute approximate surface area is 109 Å². The number of primary amides is 1. The summed E-state index contributed by atoms with van der Waals surface area (Å²) in [6.45, 7) is 2.09. The molecule has 0 aliphatic carbocycles. The molecule has 2 atom stereocenters. The Balaban J connectivity index is 2.68. The molecule has 5 N–H and O–H groups in total. The summed E-state index contributed by atoms with van der Waals surface area (Å²) in [7, 11) is 0. The maximum absolute atomic E-state index is 11.9. The van der Waals surface area contributed by atoms with Gasteiger partial charge in [-0.15, -0.1) is 0 Å². The molecule has 106 valence electrons. The fourth-order valence-electron chi connectivity index (χ4n) is 1.69. The molecule has 4 amide bonds. The van der Waals surface area contributed by atoms with Crippen molar-refractivity contribution in [1.82, 2.24) is 15.5 Å². The molecule has 1 rings (SSSR count). The Morgan fingerprint density at radius 1 is 1.58 bits per heavy atom. The number of nitrogens with one attached hydrogen (secondary N) is 2.